The molecule has 0 radical (unpaired) electrons. The average Bonchev–Trinajstić information content (AvgIpc) is 2.60. The zero-order valence-corrected chi connectivity index (χ0v) is 13.6. The molecule has 2 N–H and O–H groups in total. The van der Waals surface area contributed by atoms with Gasteiger partial charge in [-0.25, -0.2) is 0 Å². The predicted octanol–water partition coefficient (Wildman–Crippen LogP) is 3.00. The fraction of sp³-hybridized carbons (Fsp3) is 0.316. The summed E-state index contributed by atoms with van der Waals surface area (Å²) in [5.74, 6) is 0.343. The molecule has 0 aliphatic carbocycles. The van der Waals surface area contributed by atoms with Gasteiger partial charge in [-0.3, -0.25) is 4.79 Å². The first-order chi connectivity index (χ1) is 11.1. The third kappa shape index (κ3) is 4.83. The molecule has 0 bridgehead atoms. The van der Waals surface area contributed by atoms with Crippen LogP contribution in [0.4, 0.5) is 0 Å². The standard InChI is InChI=1S/C19H23NO3/c1-3-15-8-10-16(11-9-15)14(2)20-19(22)13-23-18-7-5-4-6-17(18)12-21/h4-11,14,21H,3,12-13H2,1-2H3,(H,20,22). The number of carbonyl (C=O) groups is 1. The van der Waals surface area contributed by atoms with E-state index in [1.807, 2.05) is 31.2 Å². The van der Waals surface area contributed by atoms with Crippen molar-refractivity contribution >= 4 is 5.91 Å². The molecule has 0 saturated carbocycles. The van der Waals surface area contributed by atoms with Crippen molar-refractivity contribution in [1.82, 2.24) is 5.32 Å². The van der Waals surface area contributed by atoms with Gasteiger partial charge in [0.15, 0.2) is 6.61 Å². The van der Waals surface area contributed by atoms with Gasteiger partial charge in [0.2, 0.25) is 0 Å². The van der Waals surface area contributed by atoms with Crippen LogP contribution in [0.5, 0.6) is 5.75 Å². The van der Waals surface area contributed by atoms with E-state index in [2.05, 4.69) is 24.4 Å². The summed E-state index contributed by atoms with van der Waals surface area (Å²) in [6.07, 6.45) is 0.999. The minimum atomic E-state index is -0.190. The van der Waals surface area contributed by atoms with E-state index in [0.717, 1.165) is 12.0 Å². The van der Waals surface area contributed by atoms with E-state index in [0.29, 0.717) is 11.3 Å². The molecule has 1 amide bonds. The molecule has 2 aromatic carbocycles. The Bertz CT molecular complexity index is 637. The predicted molar refractivity (Wildman–Crippen MR) is 90.2 cm³/mol. The lowest BCUT2D eigenvalue weighted by molar-refractivity contribution is -0.123. The number of hydrogen-bond acceptors (Lipinski definition) is 3. The van der Waals surface area contributed by atoms with E-state index in [9.17, 15) is 9.90 Å². The van der Waals surface area contributed by atoms with E-state index in [1.165, 1.54) is 5.56 Å². The van der Waals surface area contributed by atoms with E-state index in [-0.39, 0.29) is 25.2 Å². The Balaban J connectivity index is 1.88. The molecule has 0 aromatic heterocycles. The van der Waals surface area contributed by atoms with Gasteiger partial charge in [0, 0.05) is 5.56 Å². The smallest absolute Gasteiger partial charge is 0.258 e. The fourth-order valence-corrected chi connectivity index (χ4v) is 2.33. The van der Waals surface area contributed by atoms with Crippen molar-refractivity contribution in [1.29, 1.82) is 0 Å². The summed E-state index contributed by atoms with van der Waals surface area (Å²) in [7, 11) is 0. The Hall–Kier alpha value is -2.33. The Morgan fingerprint density at radius 3 is 2.52 bits per heavy atom. The lowest BCUT2D eigenvalue weighted by Gasteiger charge is -2.16. The van der Waals surface area contributed by atoms with Crippen LogP contribution in [-0.2, 0) is 17.8 Å². The number of carbonyl (C=O) groups excluding carboxylic acids is 1. The Morgan fingerprint density at radius 2 is 1.87 bits per heavy atom. The second-order valence-corrected chi connectivity index (χ2v) is 5.44. The van der Waals surface area contributed by atoms with Crippen molar-refractivity contribution in [2.24, 2.45) is 0 Å². The van der Waals surface area contributed by atoms with Crippen molar-refractivity contribution in [3.8, 4) is 5.75 Å². The number of aliphatic hydroxyl groups is 1. The van der Waals surface area contributed by atoms with Gasteiger partial charge in [-0.2, -0.15) is 0 Å². The Kier molecular flexibility index (Phi) is 6.18. The molecule has 4 nitrogen and oxygen atoms in total. The maximum absolute atomic E-state index is 12.0. The molecule has 0 fully saturated rings. The summed E-state index contributed by atoms with van der Waals surface area (Å²) in [4.78, 5) is 12.0. The highest BCUT2D eigenvalue weighted by molar-refractivity contribution is 5.78. The first-order valence-electron chi connectivity index (χ1n) is 7.83. The number of benzene rings is 2. The second-order valence-electron chi connectivity index (χ2n) is 5.44. The van der Waals surface area contributed by atoms with Gasteiger partial charge in [0.1, 0.15) is 5.75 Å². The molecule has 4 heteroatoms. The van der Waals surface area contributed by atoms with Gasteiger partial charge >= 0.3 is 0 Å². The highest BCUT2D eigenvalue weighted by Gasteiger charge is 2.11. The van der Waals surface area contributed by atoms with Crippen molar-refractivity contribution in [2.45, 2.75) is 32.9 Å². The molecule has 1 unspecified atom stereocenters. The maximum Gasteiger partial charge on any atom is 0.258 e. The lowest BCUT2D eigenvalue weighted by atomic mass is 10.1. The molecule has 0 heterocycles. The number of ether oxygens (including phenoxy) is 1. The van der Waals surface area contributed by atoms with Crippen LogP contribution in [0.15, 0.2) is 48.5 Å². The Labute approximate surface area is 137 Å². The molecule has 122 valence electrons. The fourth-order valence-electron chi connectivity index (χ4n) is 2.33. The molecular weight excluding hydrogens is 290 g/mol. The van der Waals surface area contributed by atoms with Gasteiger partial charge in [0.25, 0.3) is 5.91 Å². The van der Waals surface area contributed by atoms with Crippen LogP contribution in [-0.4, -0.2) is 17.6 Å². The van der Waals surface area contributed by atoms with Crippen molar-refractivity contribution in [3.05, 3.63) is 65.2 Å². The summed E-state index contributed by atoms with van der Waals surface area (Å²) in [5, 5.41) is 12.2. The first kappa shape index (κ1) is 17.0. The van der Waals surface area contributed by atoms with Gasteiger partial charge in [-0.15, -0.1) is 0 Å². The zero-order valence-electron chi connectivity index (χ0n) is 13.6. The van der Waals surface area contributed by atoms with Gasteiger partial charge < -0.3 is 15.2 Å². The summed E-state index contributed by atoms with van der Waals surface area (Å²) < 4.78 is 5.49. The largest absolute Gasteiger partial charge is 0.483 e. The minimum absolute atomic E-state index is 0.0750. The van der Waals surface area contributed by atoms with E-state index in [4.69, 9.17) is 4.74 Å². The van der Waals surface area contributed by atoms with Crippen LogP contribution in [0.2, 0.25) is 0 Å². The van der Waals surface area contributed by atoms with E-state index < -0.39 is 0 Å². The lowest BCUT2D eigenvalue weighted by Crippen LogP contribution is -2.31. The molecule has 2 aromatic rings. The summed E-state index contributed by atoms with van der Waals surface area (Å²) in [6.45, 7) is 3.87. The van der Waals surface area contributed by atoms with Crippen LogP contribution >= 0.6 is 0 Å². The first-order valence-corrected chi connectivity index (χ1v) is 7.83. The monoisotopic (exact) mass is 313 g/mol. The third-order valence-corrected chi connectivity index (χ3v) is 3.77. The molecule has 0 spiro atoms. The van der Waals surface area contributed by atoms with Crippen molar-refractivity contribution < 1.29 is 14.6 Å². The van der Waals surface area contributed by atoms with Crippen LogP contribution < -0.4 is 10.1 Å². The number of hydrogen-bond donors (Lipinski definition) is 2. The summed E-state index contributed by atoms with van der Waals surface area (Å²) >= 11 is 0. The van der Waals surface area contributed by atoms with E-state index in [1.54, 1.807) is 12.1 Å². The number of rotatable bonds is 7. The highest BCUT2D eigenvalue weighted by atomic mass is 16.5. The Morgan fingerprint density at radius 1 is 1.17 bits per heavy atom. The van der Waals surface area contributed by atoms with Crippen molar-refractivity contribution in [2.75, 3.05) is 6.61 Å². The molecule has 0 saturated heterocycles. The van der Waals surface area contributed by atoms with Gasteiger partial charge in [-0.05, 0) is 30.5 Å². The summed E-state index contributed by atoms with van der Waals surface area (Å²) in [5.41, 5.74) is 3.01. The third-order valence-electron chi connectivity index (χ3n) is 3.77. The van der Waals surface area contributed by atoms with Crippen LogP contribution in [0.3, 0.4) is 0 Å². The SMILES string of the molecule is CCc1ccc(C(C)NC(=O)COc2ccccc2CO)cc1. The second kappa shape index (κ2) is 8.34. The molecule has 0 aliphatic rings. The molecule has 23 heavy (non-hydrogen) atoms. The van der Waals surface area contributed by atoms with Crippen LogP contribution in [0.25, 0.3) is 0 Å². The van der Waals surface area contributed by atoms with Crippen LogP contribution in [0, 0.1) is 0 Å². The highest BCUT2D eigenvalue weighted by Crippen LogP contribution is 2.18. The number of aliphatic hydroxyl groups excluding tert-OH is 1. The molecule has 1 atom stereocenters. The van der Waals surface area contributed by atoms with Crippen molar-refractivity contribution in [3.63, 3.8) is 0 Å². The number of para-hydroxylation sites is 1. The summed E-state index contributed by atoms with van der Waals surface area (Å²) in [6, 6.07) is 15.3. The van der Waals surface area contributed by atoms with Gasteiger partial charge in [0.05, 0.1) is 12.6 Å². The quantitative estimate of drug-likeness (QED) is 0.826. The molecular formula is C19H23NO3. The maximum atomic E-state index is 12.0. The zero-order chi connectivity index (χ0) is 16.7. The average molecular weight is 313 g/mol. The molecule has 0 aliphatic heterocycles. The normalized spacial score (nSPS) is 11.8. The number of amides is 1. The number of aryl methyl sites for hydroxylation is 1. The minimum Gasteiger partial charge on any atom is -0.483 e. The van der Waals surface area contributed by atoms with Gasteiger partial charge in [-0.1, -0.05) is 49.4 Å². The van der Waals surface area contributed by atoms with E-state index >= 15 is 0 Å². The molecule has 2 rings (SSSR count). The topological polar surface area (TPSA) is 58.6 Å². The van der Waals surface area contributed by atoms with Crippen LogP contribution in [0.1, 0.15) is 36.6 Å². The number of nitrogens with one attached hydrogen (secondary N) is 1.